The number of hydrogen-bond donors (Lipinski definition) is 0. The van der Waals surface area contributed by atoms with E-state index in [-0.39, 0.29) is 23.8 Å². The molecule has 0 aromatic heterocycles. The SMILES string of the molecule is O=C(C1CSCN1C(=O)C1CC1)N1CCN(Cc2ccccc2)CC1. The largest absolute Gasteiger partial charge is 0.338 e. The highest BCUT2D eigenvalue weighted by atomic mass is 32.2. The van der Waals surface area contributed by atoms with Crippen molar-refractivity contribution in [3.8, 4) is 0 Å². The van der Waals surface area contributed by atoms with Crippen LogP contribution in [0, 0.1) is 5.92 Å². The van der Waals surface area contributed by atoms with Crippen molar-refractivity contribution in [3.05, 3.63) is 35.9 Å². The van der Waals surface area contributed by atoms with Crippen LogP contribution in [-0.2, 0) is 16.1 Å². The van der Waals surface area contributed by atoms with Gasteiger partial charge < -0.3 is 9.80 Å². The van der Waals surface area contributed by atoms with Gasteiger partial charge in [0.1, 0.15) is 6.04 Å². The number of carbonyl (C=O) groups excluding carboxylic acids is 2. The lowest BCUT2D eigenvalue weighted by Crippen LogP contribution is -2.55. The zero-order valence-corrected chi connectivity index (χ0v) is 15.3. The van der Waals surface area contributed by atoms with Gasteiger partial charge in [-0.3, -0.25) is 14.5 Å². The van der Waals surface area contributed by atoms with E-state index in [1.54, 1.807) is 11.8 Å². The third kappa shape index (κ3) is 3.85. The predicted octanol–water partition coefficient (Wildman–Crippen LogP) is 1.64. The lowest BCUT2D eigenvalue weighted by Gasteiger charge is -2.37. The van der Waals surface area contributed by atoms with Gasteiger partial charge in [-0.25, -0.2) is 0 Å². The summed E-state index contributed by atoms with van der Waals surface area (Å²) in [6.07, 6.45) is 2.00. The molecule has 2 amide bonds. The van der Waals surface area contributed by atoms with E-state index in [1.807, 2.05) is 15.9 Å². The minimum absolute atomic E-state index is 0.151. The van der Waals surface area contributed by atoms with Gasteiger partial charge in [-0.1, -0.05) is 30.3 Å². The highest BCUT2D eigenvalue weighted by Gasteiger charge is 2.42. The van der Waals surface area contributed by atoms with Crippen molar-refractivity contribution in [2.24, 2.45) is 5.92 Å². The van der Waals surface area contributed by atoms with Crippen LogP contribution in [0.5, 0.6) is 0 Å². The van der Waals surface area contributed by atoms with Gasteiger partial charge >= 0.3 is 0 Å². The van der Waals surface area contributed by atoms with Crippen molar-refractivity contribution in [1.29, 1.82) is 0 Å². The van der Waals surface area contributed by atoms with E-state index in [2.05, 4.69) is 29.2 Å². The minimum Gasteiger partial charge on any atom is -0.338 e. The molecule has 0 spiro atoms. The second-order valence-corrected chi connectivity index (χ2v) is 8.18. The van der Waals surface area contributed by atoms with Crippen LogP contribution in [0.1, 0.15) is 18.4 Å². The maximum atomic E-state index is 12.9. The van der Waals surface area contributed by atoms with Crippen LogP contribution >= 0.6 is 11.8 Å². The van der Waals surface area contributed by atoms with Crippen LogP contribution < -0.4 is 0 Å². The standard InChI is InChI=1S/C19H25N3O2S/c23-18(16-6-7-16)22-14-25-13-17(22)19(24)21-10-8-20(9-11-21)12-15-4-2-1-3-5-15/h1-5,16-17H,6-14H2. The third-order valence-electron chi connectivity index (χ3n) is 5.31. The van der Waals surface area contributed by atoms with Gasteiger partial charge in [0.15, 0.2) is 0 Å². The van der Waals surface area contributed by atoms with Crippen molar-refractivity contribution in [1.82, 2.24) is 14.7 Å². The average molecular weight is 359 g/mol. The van der Waals surface area contributed by atoms with Crippen LogP contribution in [-0.4, -0.2) is 70.4 Å². The number of rotatable bonds is 4. The molecule has 2 aliphatic heterocycles. The Morgan fingerprint density at radius 2 is 1.72 bits per heavy atom. The van der Waals surface area contributed by atoms with Crippen molar-refractivity contribution >= 4 is 23.6 Å². The van der Waals surface area contributed by atoms with Crippen molar-refractivity contribution in [2.45, 2.75) is 25.4 Å². The predicted molar refractivity (Wildman–Crippen MR) is 99.0 cm³/mol. The van der Waals surface area contributed by atoms with Crippen LogP contribution in [0.2, 0.25) is 0 Å². The molecule has 0 bridgehead atoms. The van der Waals surface area contributed by atoms with Crippen molar-refractivity contribution in [3.63, 3.8) is 0 Å². The van der Waals surface area contributed by atoms with Gasteiger partial charge in [0.25, 0.3) is 0 Å². The third-order valence-corrected chi connectivity index (χ3v) is 6.32. The first-order chi connectivity index (χ1) is 12.2. The Bertz CT molecular complexity index is 627. The summed E-state index contributed by atoms with van der Waals surface area (Å²) >= 11 is 1.71. The average Bonchev–Trinajstić information content (AvgIpc) is 3.39. The molecular weight excluding hydrogens is 334 g/mol. The van der Waals surface area contributed by atoms with Crippen LogP contribution in [0.4, 0.5) is 0 Å². The van der Waals surface area contributed by atoms with Gasteiger partial charge in [0, 0.05) is 44.4 Å². The number of benzene rings is 1. The normalized spacial score (nSPS) is 24.6. The number of piperazine rings is 1. The summed E-state index contributed by atoms with van der Waals surface area (Å²) in [7, 11) is 0. The van der Waals surface area contributed by atoms with E-state index in [9.17, 15) is 9.59 Å². The summed E-state index contributed by atoms with van der Waals surface area (Å²) in [5.74, 6) is 1.97. The number of amides is 2. The Morgan fingerprint density at radius 3 is 2.40 bits per heavy atom. The van der Waals surface area contributed by atoms with Gasteiger partial charge in [0.2, 0.25) is 11.8 Å². The molecule has 1 aromatic rings. The summed E-state index contributed by atoms with van der Waals surface area (Å²) in [5, 5.41) is 0. The Labute approximate surface area is 153 Å². The molecule has 1 unspecified atom stereocenters. The van der Waals surface area contributed by atoms with Crippen LogP contribution in [0.25, 0.3) is 0 Å². The molecule has 134 valence electrons. The Balaban J connectivity index is 1.31. The number of carbonyl (C=O) groups is 2. The molecule has 1 aliphatic carbocycles. The second-order valence-electron chi connectivity index (χ2n) is 7.19. The maximum Gasteiger partial charge on any atom is 0.246 e. The number of nitrogens with zero attached hydrogens (tertiary/aromatic N) is 3. The molecule has 6 heteroatoms. The first-order valence-corrected chi connectivity index (χ1v) is 10.3. The van der Waals surface area contributed by atoms with Gasteiger partial charge in [0.05, 0.1) is 5.88 Å². The zero-order valence-electron chi connectivity index (χ0n) is 14.5. The molecule has 4 rings (SSSR count). The highest BCUT2D eigenvalue weighted by molar-refractivity contribution is 7.99. The zero-order chi connectivity index (χ0) is 17.2. The second kappa shape index (κ2) is 7.38. The molecule has 3 aliphatic rings. The van der Waals surface area contributed by atoms with Gasteiger partial charge in [-0.05, 0) is 18.4 Å². The van der Waals surface area contributed by atoms with Gasteiger partial charge in [-0.15, -0.1) is 11.8 Å². The molecule has 0 N–H and O–H groups in total. The van der Waals surface area contributed by atoms with Crippen molar-refractivity contribution < 1.29 is 9.59 Å². The molecule has 3 fully saturated rings. The van der Waals surface area contributed by atoms with E-state index in [1.165, 1.54) is 5.56 Å². The van der Waals surface area contributed by atoms with E-state index >= 15 is 0 Å². The molecule has 1 saturated carbocycles. The Hall–Kier alpha value is -1.53. The molecule has 2 saturated heterocycles. The lowest BCUT2D eigenvalue weighted by molar-refractivity contribution is -0.145. The highest BCUT2D eigenvalue weighted by Crippen LogP contribution is 2.34. The number of thioether (sulfide) groups is 1. The number of hydrogen-bond acceptors (Lipinski definition) is 4. The molecule has 1 atom stereocenters. The molecule has 5 nitrogen and oxygen atoms in total. The summed E-state index contributed by atoms with van der Waals surface area (Å²) in [6.45, 7) is 4.26. The molecule has 1 aromatic carbocycles. The summed E-state index contributed by atoms with van der Waals surface area (Å²) in [6, 6.07) is 10.2. The molecular formula is C19H25N3O2S. The lowest BCUT2D eigenvalue weighted by atomic mass is 10.1. The Morgan fingerprint density at radius 1 is 1.00 bits per heavy atom. The van der Waals surface area contributed by atoms with Gasteiger partial charge in [-0.2, -0.15) is 0 Å². The topological polar surface area (TPSA) is 43.9 Å². The van der Waals surface area contributed by atoms with Crippen LogP contribution in [0.3, 0.4) is 0 Å². The molecule has 2 heterocycles. The first kappa shape index (κ1) is 16.9. The fourth-order valence-corrected chi connectivity index (χ4v) is 4.76. The van der Waals surface area contributed by atoms with Crippen molar-refractivity contribution in [2.75, 3.05) is 37.8 Å². The fraction of sp³-hybridized carbons (Fsp3) is 0.579. The minimum atomic E-state index is -0.237. The molecule has 25 heavy (non-hydrogen) atoms. The summed E-state index contributed by atoms with van der Waals surface area (Å²) < 4.78 is 0. The van der Waals surface area contributed by atoms with E-state index < -0.39 is 0 Å². The maximum absolute atomic E-state index is 12.9. The van der Waals surface area contributed by atoms with E-state index in [4.69, 9.17) is 0 Å². The summed E-state index contributed by atoms with van der Waals surface area (Å²) in [4.78, 5) is 31.5. The smallest absolute Gasteiger partial charge is 0.246 e. The van der Waals surface area contributed by atoms with E-state index in [0.29, 0.717) is 5.88 Å². The molecule has 0 radical (unpaired) electrons. The monoisotopic (exact) mass is 359 g/mol. The quantitative estimate of drug-likeness (QED) is 0.820. The van der Waals surface area contributed by atoms with Crippen LogP contribution in [0.15, 0.2) is 30.3 Å². The van der Waals surface area contributed by atoms with E-state index in [0.717, 1.165) is 51.3 Å². The first-order valence-electron chi connectivity index (χ1n) is 9.15. The fourth-order valence-electron chi connectivity index (χ4n) is 3.61. The summed E-state index contributed by atoms with van der Waals surface area (Å²) in [5.41, 5.74) is 1.32. The Kier molecular flexibility index (Phi) is 4.99.